The van der Waals surface area contributed by atoms with E-state index in [-0.39, 0.29) is 0 Å². The molecular weight excluding hydrogens is 176 g/mol. The van der Waals surface area contributed by atoms with Gasteiger partial charge in [0.1, 0.15) is 0 Å². The van der Waals surface area contributed by atoms with E-state index >= 15 is 0 Å². The molecular formula is C11H24N2O. The number of methoxy groups -OCH3 is 1. The molecule has 0 radical (unpaired) electrons. The van der Waals surface area contributed by atoms with Gasteiger partial charge in [0.15, 0.2) is 0 Å². The van der Waals surface area contributed by atoms with E-state index in [9.17, 15) is 0 Å². The summed E-state index contributed by atoms with van der Waals surface area (Å²) in [6.45, 7) is 6.21. The third-order valence-corrected chi connectivity index (χ3v) is 3.34. The normalized spacial score (nSPS) is 31.7. The molecule has 3 heteroatoms. The minimum absolute atomic E-state index is 0.310. The number of hydrogen-bond acceptors (Lipinski definition) is 3. The van der Waals surface area contributed by atoms with Gasteiger partial charge < -0.3 is 10.5 Å². The van der Waals surface area contributed by atoms with Gasteiger partial charge in [-0.25, -0.2) is 0 Å². The molecule has 0 bridgehead atoms. The van der Waals surface area contributed by atoms with Crippen LogP contribution < -0.4 is 5.73 Å². The first-order valence-corrected chi connectivity index (χ1v) is 5.67. The van der Waals surface area contributed by atoms with Crippen LogP contribution in [0.3, 0.4) is 0 Å². The molecule has 0 aromatic rings. The molecule has 1 heterocycles. The first kappa shape index (κ1) is 12.0. The average Bonchev–Trinajstić information content (AvgIpc) is 2.20. The Morgan fingerprint density at radius 1 is 1.50 bits per heavy atom. The van der Waals surface area contributed by atoms with E-state index in [2.05, 4.69) is 18.7 Å². The van der Waals surface area contributed by atoms with Crippen LogP contribution in [0.25, 0.3) is 0 Å². The second kappa shape index (κ2) is 5.69. The fraction of sp³-hybridized carbons (Fsp3) is 1.00. The Morgan fingerprint density at radius 3 is 2.79 bits per heavy atom. The predicted octanol–water partition coefficient (Wildman–Crippen LogP) is 1.22. The molecule has 1 aliphatic rings. The Morgan fingerprint density at radius 2 is 2.21 bits per heavy atom. The minimum atomic E-state index is 0.310. The molecule has 84 valence electrons. The number of likely N-dealkylation sites (tertiary alicyclic amines) is 1. The molecule has 14 heavy (non-hydrogen) atoms. The summed E-state index contributed by atoms with van der Waals surface area (Å²) in [6.07, 6.45) is 4.18. The van der Waals surface area contributed by atoms with Gasteiger partial charge >= 0.3 is 0 Å². The van der Waals surface area contributed by atoms with Crippen molar-refractivity contribution in [3.8, 4) is 0 Å². The van der Waals surface area contributed by atoms with Crippen LogP contribution in [-0.4, -0.2) is 43.3 Å². The minimum Gasteiger partial charge on any atom is -0.380 e. The van der Waals surface area contributed by atoms with Crippen molar-refractivity contribution in [2.75, 3.05) is 20.2 Å². The van der Waals surface area contributed by atoms with Gasteiger partial charge in [0.05, 0.1) is 6.10 Å². The average molecular weight is 200 g/mol. The van der Waals surface area contributed by atoms with E-state index in [1.807, 2.05) is 0 Å². The molecule has 1 saturated heterocycles. The van der Waals surface area contributed by atoms with Gasteiger partial charge in [0.25, 0.3) is 0 Å². The third kappa shape index (κ3) is 2.94. The molecule has 3 unspecified atom stereocenters. The summed E-state index contributed by atoms with van der Waals surface area (Å²) in [5, 5.41) is 0. The Balaban J connectivity index is 2.50. The summed E-state index contributed by atoms with van der Waals surface area (Å²) in [4.78, 5) is 2.51. The molecule has 1 aliphatic heterocycles. The summed E-state index contributed by atoms with van der Waals surface area (Å²) in [5.41, 5.74) is 5.79. The van der Waals surface area contributed by atoms with Crippen LogP contribution in [0.15, 0.2) is 0 Å². The van der Waals surface area contributed by atoms with Crippen molar-refractivity contribution in [2.45, 2.75) is 51.3 Å². The first-order chi connectivity index (χ1) is 6.69. The molecule has 3 atom stereocenters. The van der Waals surface area contributed by atoms with Crippen molar-refractivity contribution in [3.63, 3.8) is 0 Å². The van der Waals surface area contributed by atoms with Crippen LogP contribution in [-0.2, 0) is 4.74 Å². The van der Waals surface area contributed by atoms with Gasteiger partial charge in [0.2, 0.25) is 0 Å². The number of ether oxygens (including phenoxy) is 1. The second-order valence-corrected chi connectivity index (χ2v) is 4.41. The Hall–Kier alpha value is -0.120. The molecule has 0 saturated carbocycles. The van der Waals surface area contributed by atoms with Crippen molar-refractivity contribution in [1.82, 2.24) is 4.90 Å². The maximum Gasteiger partial charge on any atom is 0.0670 e. The molecule has 2 N–H and O–H groups in total. The second-order valence-electron chi connectivity index (χ2n) is 4.41. The number of nitrogens with two attached hydrogens (primary N) is 1. The number of nitrogens with zero attached hydrogens (tertiary/aromatic N) is 1. The lowest BCUT2D eigenvalue weighted by atomic mass is 9.96. The van der Waals surface area contributed by atoms with Gasteiger partial charge in [-0.1, -0.05) is 6.42 Å². The topological polar surface area (TPSA) is 38.5 Å². The smallest absolute Gasteiger partial charge is 0.0670 e. The highest BCUT2D eigenvalue weighted by Gasteiger charge is 2.27. The van der Waals surface area contributed by atoms with Crippen LogP contribution >= 0.6 is 0 Å². The Bertz CT molecular complexity index is 163. The Labute approximate surface area is 87.6 Å². The van der Waals surface area contributed by atoms with Crippen molar-refractivity contribution in [3.05, 3.63) is 0 Å². The number of piperidine rings is 1. The van der Waals surface area contributed by atoms with E-state index in [0.717, 1.165) is 13.1 Å². The first-order valence-electron chi connectivity index (χ1n) is 5.67. The zero-order chi connectivity index (χ0) is 10.6. The van der Waals surface area contributed by atoms with Gasteiger partial charge in [-0.15, -0.1) is 0 Å². The maximum atomic E-state index is 5.79. The lowest BCUT2D eigenvalue weighted by Gasteiger charge is -2.41. The van der Waals surface area contributed by atoms with Gasteiger partial charge in [-0.05, 0) is 26.7 Å². The van der Waals surface area contributed by atoms with Crippen LogP contribution in [0.4, 0.5) is 0 Å². The molecule has 0 aromatic heterocycles. The van der Waals surface area contributed by atoms with E-state index in [0.29, 0.717) is 18.2 Å². The lowest BCUT2D eigenvalue weighted by Crippen LogP contribution is -2.51. The van der Waals surface area contributed by atoms with Gasteiger partial charge in [0, 0.05) is 32.3 Å². The Kier molecular flexibility index (Phi) is 4.85. The molecule has 3 nitrogen and oxygen atoms in total. The number of hydrogen-bond donors (Lipinski definition) is 1. The number of rotatable bonds is 4. The fourth-order valence-corrected chi connectivity index (χ4v) is 2.29. The zero-order valence-corrected chi connectivity index (χ0v) is 9.70. The van der Waals surface area contributed by atoms with Crippen LogP contribution in [0.2, 0.25) is 0 Å². The quantitative estimate of drug-likeness (QED) is 0.741. The van der Waals surface area contributed by atoms with E-state index < -0.39 is 0 Å². The third-order valence-electron chi connectivity index (χ3n) is 3.34. The molecule has 0 spiro atoms. The summed E-state index contributed by atoms with van der Waals surface area (Å²) in [5.74, 6) is 0. The summed E-state index contributed by atoms with van der Waals surface area (Å²) < 4.78 is 5.31. The van der Waals surface area contributed by atoms with Crippen molar-refractivity contribution in [2.24, 2.45) is 5.73 Å². The molecule has 1 rings (SSSR count). The fourth-order valence-electron chi connectivity index (χ4n) is 2.29. The SMILES string of the molecule is COC(C)CN1C(C)CCCC1CN. The molecule has 0 amide bonds. The highest BCUT2D eigenvalue weighted by atomic mass is 16.5. The maximum absolute atomic E-state index is 5.79. The largest absolute Gasteiger partial charge is 0.380 e. The molecule has 1 fully saturated rings. The summed E-state index contributed by atoms with van der Waals surface area (Å²) in [7, 11) is 1.77. The van der Waals surface area contributed by atoms with E-state index in [1.54, 1.807) is 7.11 Å². The molecule has 0 aliphatic carbocycles. The lowest BCUT2D eigenvalue weighted by molar-refractivity contribution is 0.0237. The van der Waals surface area contributed by atoms with Crippen molar-refractivity contribution >= 4 is 0 Å². The highest BCUT2D eigenvalue weighted by molar-refractivity contribution is 4.83. The molecule has 0 aromatic carbocycles. The van der Waals surface area contributed by atoms with E-state index in [4.69, 9.17) is 10.5 Å². The summed E-state index contributed by atoms with van der Waals surface area (Å²) in [6, 6.07) is 1.23. The van der Waals surface area contributed by atoms with Gasteiger partial charge in [-0.2, -0.15) is 0 Å². The predicted molar refractivity (Wildman–Crippen MR) is 59.3 cm³/mol. The monoisotopic (exact) mass is 200 g/mol. The van der Waals surface area contributed by atoms with Gasteiger partial charge in [-0.3, -0.25) is 4.90 Å². The van der Waals surface area contributed by atoms with Crippen LogP contribution in [0.1, 0.15) is 33.1 Å². The van der Waals surface area contributed by atoms with Crippen LogP contribution in [0.5, 0.6) is 0 Å². The standard InChI is InChI=1S/C11H24N2O/c1-9-5-4-6-11(7-12)13(9)8-10(2)14-3/h9-11H,4-8,12H2,1-3H3. The van der Waals surface area contributed by atoms with Crippen LogP contribution in [0, 0.1) is 0 Å². The van der Waals surface area contributed by atoms with E-state index in [1.165, 1.54) is 19.3 Å². The summed E-state index contributed by atoms with van der Waals surface area (Å²) >= 11 is 0. The van der Waals surface area contributed by atoms with Crippen molar-refractivity contribution < 1.29 is 4.74 Å². The van der Waals surface area contributed by atoms with Crippen molar-refractivity contribution in [1.29, 1.82) is 0 Å². The zero-order valence-electron chi connectivity index (χ0n) is 9.70. The highest BCUT2D eigenvalue weighted by Crippen LogP contribution is 2.22.